The van der Waals surface area contributed by atoms with Crippen molar-refractivity contribution in [2.45, 2.75) is 19.0 Å². The zero-order chi connectivity index (χ0) is 27.2. The molecule has 0 unspecified atom stereocenters. The third-order valence-corrected chi connectivity index (χ3v) is 5.68. The van der Waals surface area contributed by atoms with Crippen LogP contribution in [0, 0.1) is 0 Å². The van der Waals surface area contributed by atoms with Gasteiger partial charge in [-0.3, -0.25) is 15.8 Å². The van der Waals surface area contributed by atoms with Gasteiger partial charge in [-0.1, -0.05) is 24.3 Å². The predicted octanol–water partition coefficient (Wildman–Crippen LogP) is 4.56. The van der Waals surface area contributed by atoms with Gasteiger partial charge in [-0.05, 0) is 30.3 Å². The van der Waals surface area contributed by atoms with E-state index in [1.54, 1.807) is 47.0 Å². The lowest BCUT2D eigenvalue weighted by Crippen LogP contribution is -2.24. The lowest BCUT2D eigenvalue weighted by molar-refractivity contribution is -0.178. The molecule has 0 aliphatic rings. The number of nitrogens with one attached hydrogen (secondary N) is 1. The lowest BCUT2D eigenvalue weighted by atomic mass is 10.1. The molecule has 0 amide bonds. The van der Waals surface area contributed by atoms with Gasteiger partial charge in [0.25, 0.3) is 0 Å². The molecule has 0 saturated heterocycles. The number of fused-ring (bicyclic) bond motifs is 2. The molecule has 10 nitrogen and oxygen atoms in total. The summed E-state index contributed by atoms with van der Waals surface area (Å²) >= 11 is 0. The van der Waals surface area contributed by atoms with E-state index < -0.39 is 0 Å². The normalized spacial score (nSPS) is 10.7. The molecule has 2 aromatic carbocycles. The molecule has 0 radical (unpaired) electrons. The van der Waals surface area contributed by atoms with Crippen LogP contribution < -0.4 is 11.3 Å². The highest BCUT2D eigenvalue weighted by Crippen LogP contribution is 2.21. The average Bonchev–Trinajstić information content (AvgIpc) is 3.53. The summed E-state index contributed by atoms with van der Waals surface area (Å²) in [5, 5.41) is 8.71. The van der Waals surface area contributed by atoms with E-state index in [4.69, 9.17) is 24.8 Å². The molecule has 3 N–H and O–H groups in total. The van der Waals surface area contributed by atoms with Crippen molar-refractivity contribution in [3.05, 3.63) is 91.8 Å². The van der Waals surface area contributed by atoms with Crippen molar-refractivity contribution in [3.8, 4) is 5.69 Å². The number of aromatic nitrogens is 4. The van der Waals surface area contributed by atoms with Crippen molar-refractivity contribution >= 4 is 27.2 Å². The molecule has 3 heterocycles. The molecule has 0 aliphatic carbocycles. The van der Waals surface area contributed by atoms with Crippen molar-refractivity contribution in [2.75, 3.05) is 33.9 Å². The molecule has 38 heavy (non-hydrogen) atoms. The summed E-state index contributed by atoms with van der Waals surface area (Å²) in [5.74, 6) is 5.35. The number of nitrogen functional groups attached to an aromatic ring is 1. The maximum atomic E-state index is 5.35. The molecular formula is C28H34N6O4. The SMILES string of the molecule is COC(CC(OC)OC)OC.NNc1cccc2cnccc12.c1cc(-n2cccn2)c2ccncc2c1. The fraction of sp³-hybridized carbons (Fsp3) is 0.250. The largest absolute Gasteiger partial charge is 0.356 e. The summed E-state index contributed by atoms with van der Waals surface area (Å²) in [4.78, 5) is 8.13. The van der Waals surface area contributed by atoms with Gasteiger partial charge in [0.15, 0.2) is 12.6 Å². The Morgan fingerprint density at radius 1 is 0.737 bits per heavy atom. The van der Waals surface area contributed by atoms with Crippen LogP contribution in [0.25, 0.3) is 27.2 Å². The molecule has 5 rings (SSSR count). The first-order chi connectivity index (χ1) is 18.6. The van der Waals surface area contributed by atoms with Crippen LogP contribution in [0.4, 0.5) is 5.69 Å². The topological polar surface area (TPSA) is 119 Å². The second-order valence-corrected chi connectivity index (χ2v) is 7.91. The Bertz CT molecular complexity index is 1340. The van der Waals surface area contributed by atoms with E-state index in [0.29, 0.717) is 6.42 Å². The van der Waals surface area contributed by atoms with Gasteiger partial charge in [-0.25, -0.2) is 4.68 Å². The molecule has 0 bridgehead atoms. The van der Waals surface area contributed by atoms with Gasteiger partial charge in [0.05, 0.1) is 11.4 Å². The highest BCUT2D eigenvalue weighted by Gasteiger charge is 2.13. The fourth-order valence-electron chi connectivity index (χ4n) is 3.70. The Balaban J connectivity index is 0.000000161. The number of ether oxygens (including phenoxy) is 4. The molecule has 3 aromatic heterocycles. The first kappa shape index (κ1) is 28.6. The minimum absolute atomic E-state index is 0.264. The van der Waals surface area contributed by atoms with Crippen LogP contribution in [0.1, 0.15) is 6.42 Å². The third-order valence-electron chi connectivity index (χ3n) is 5.68. The van der Waals surface area contributed by atoms with Crippen molar-refractivity contribution in [2.24, 2.45) is 5.84 Å². The van der Waals surface area contributed by atoms with Crippen molar-refractivity contribution < 1.29 is 18.9 Å². The van der Waals surface area contributed by atoms with Gasteiger partial charge < -0.3 is 24.4 Å². The number of nitrogens with two attached hydrogens (primary N) is 1. The van der Waals surface area contributed by atoms with Gasteiger partial charge in [0.2, 0.25) is 0 Å². The number of rotatable bonds is 8. The maximum absolute atomic E-state index is 5.35. The Kier molecular flexibility index (Phi) is 11.6. The summed E-state index contributed by atoms with van der Waals surface area (Å²) in [7, 11) is 6.32. The van der Waals surface area contributed by atoms with Gasteiger partial charge in [-0.2, -0.15) is 5.10 Å². The zero-order valence-electron chi connectivity index (χ0n) is 22.0. The van der Waals surface area contributed by atoms with E-state index in [9.17, 15) is 0 Å². The number of hydrazine groups is 1. The van der Waals surface area contributed by atoms with Crippen molar-refractivity contribution in [1.82, 2.24) is 19.7 Å². The molecule has 0 aliphatic heterocycles. The van der Waals surface area contributed by atoms with Crippen LogP contribution in [0.15, 0.2) is 91.8 Å². The van der Waals surface area contributed by atoms with Gasteiger partial charge in [0.1, 0.15) is 0 Å². The fourth-order valence-corrected chi connectivity index (χ4v) is 3.70. The van der Waals surface area contributed by atoms with E-state index in [1.165, 1.54) is 0 Å². The minimum atomic E-state index is -0.264. The minimum Gasteiger partial charge on any atom is -0.356 e. The maximum Gasteiger partial charge on any atom is 0.161 e. The van der Waals surface area contributed by atoms with E-state index in [1.807, 2.05) is 65.7 Å². The van der Waals surface area contributed by atoms with Gasteiger partial charge in [-0.15, -0.1) is 0 Å². The first-order valence-electron chi connectivity index (χ1n) is 11.9. The third kappa shape index (κ3) is 7.78. The Labute approximate surface area is 222 Å². The van der Waals surface area contributed by atoms with Crippen molar-refractivity contribution in [3.63, 3.8) is 0 Å². The van der Waals surface area contributed by atoms with E-state index in [2.05, 4.69) is 32.6 Å². The van der Waals surface area contributed by atoms with Gasteiger partial charge >= 0.3 is 0 Å². The highest BCUT2D eigenvalue weighted by molar-refractivity contribution is 5.93. The molecular weight excluding hydrogens is 484 g/mol. The number of nitrogens with zero attached hydrogens (tertiary/aromatic N) is 4. The summed E-state index contributed by atoms with van der Waals surface area (Å²) < 4.78 is 21.7. The molecule has 0 saturated carbocycles. The van der Waals surface area contributed by atoms with Crippen LogP contribution >= 0.6 is 0 Å². The number of anilines is 1. The van der Waals surface area contributed by atoms with Crippen LogP contribution in [-0.2, 0) is 18.9 Å². The van der Waals surface area contributed by atoms with Crippen LogP contribution in [0.2, 0.25) is 0 Å². The number of benzene rings is 2. The zero-order valence-corrected chi connectivity index (χ0v) is 22.0. The second-order valence-electron chi connectivity index (χ2n) is 7.91. The van der Waals surface area contributed by atoms with E-state index in [-0.39, 0.29) is 12.6 Å². The van der Waals surface area contributed by atoms with Crippen molar-refractivity contribution in [1.29, 1.82) is 0 Å². The number of pyridine rings is 2. The summed E-state index contributed by atoms with van der Waals surface area (Å²) in [6.07, 6.45) is 11.0. The van der Waals surface area contributed by atoms with Crippen LogP contribution in [-0.4, -0.2) is 60.8 Å². The average molecular weight is 519 g/mol. The Morgan fingerprint density at radius 3 is 1.87 bits per heavy atom. The lowest BCUT2D eigenvalue weighted by Gasteiger charge is -2.18. The monoisotopic (exact) mass is 518 g/mol. The highest BCUT2D eigenvalue weighted by atomic mass is 16.7. The first-order valence-corrected chi connectivity index (χ1v) is 11.9. The quantitative estimate of drug-likeness (QED) is 0.173. The summed E-state index contributed by atoms with van der Waals surface area (Å²) in [6.45, 7) is 0. The molecule has 0 fully saturated rings. The van der Waals surface area contributed by atoms with Crippen LogP contribution in [0.5, 0.6) is 0 Å². The Hall–Kier alpha value is -3.93. The molecule has 10 heteroatoms. The number of hydrogen-bond donors (Lipinski definition) is 2. The number of hydrogen-bond acceptors (Lipinski definition) is 9. The van der Waals surface area contributed by atoms with Gasteiger partial charge in [0, 0.05) is 93.6 Å². The predicted molar refractivity (Wildman–Crippen MR) is 149 cm³/mol. The smallest absolute Gasteiger partial charge is 0.161 e. The van der Waals surface area contributed by atoms with E-state index in [0.717, 1.165) is 32.9 Å². The molecule has 0 atom stereocenters. The standard InChI is InChI=1S/C12H9N3.C9H9N3.C7H16O4/c1-3-10-9-13-7-5-11(10)12(4-1)15-8-2-6-14-15;10-12-9-3-1-2-7-6-11-5-4-8(7)9;1-8-6(9-2)5-7(10-3)11-4/h1-9H;1-6,12H,10H2;6-7H,5H2,1-4H3. The van der Waals surface area contributed by atoms with E-state index >= 15 is 0 Å². The molecule has 5 aromatic rings. The Morgan fingerprint density at radius 2 is 1.32 bits per heavy atom. The second kappa shape index (κ2) is 15.4. The summed E-state index contributed by atoms with van der Waals surface area (Å²) in [5.41, 5.74) is 4.65. The summed E-state index contributed by atoms with van der Waals surface area (Å²) in [6, 6.07) is 17.9. The number of methoxy groups -OCH3 is 4. The van der Waals surface area contributed by atoms with Crippen LogP contribution in [0.3, 0.4) is 0 Å². The molecule has 0 spiro atoms. The molecule has 200 valence electrons.